The Morgan fingerprint density at radius 1 is 0.633 bits per heavy atom. The molecule has 0 aliphatic rings. The molecule has 0 aliphatic heterocycles. The summed E-state index contributed by atoms with van der Waals surface area (Å²) in [6.45, 7) is 0. The summed E-state index contributed by atoms with van der Waals surface area (Å²) < 4.78 is 20.2. The molecule has 4 N–H and O–H groups in total. The van der Waals surface area contributed by atoms with Crippen LogP contribution in [-0.2, 0) is 33.0 Å². The lowest BCUT2D eigenvalue weighted by Gasteiger charge is -1.99. The van der Waals surface area contributed by atoms with Crippen LogP contribution in [0, 0.1) is 0 Å². The number of anilines is 2. The summed E-state index contributed by atoms with van der Waals surface area (Å²) in [5, 5.41) is 7.53. The van der Waals surface area contributed by atoms with Gasteiger partial charge < -0.3 is 30.4 Å². The van der Waals surface area contributed by atoms with Crippen molar-refractivity contribution in [2.24, 2.45) is 14.1 Å². The Morgan fingerprint density at radius 2 is 0.900 bits per heavy atom. The molecule has 2 rings (SSSR count). The maximum Gasteiger partial charge on any atom is 0.360 e. The fraction of sp³-hybridized carbons (Fsp3) is 0.375. The van der Waals surface area contributed by atoms with E-state index in [9.17, 15) is 19.2 Å². The minimum atomic E-state index is -0.696. The van der Waals surface area contributed by atoms with Crippen LogP contribution in [0.15, 0.2) is 0 Å². The number of aromatic nitrogens is 4. The van der Waals surface area contributed by atoms with Crippen LogP contribution >= 0.6 is 0 Å². The first kappa shape index (κ1) is 23.9. The summed E-state index contributed by atoms with van der Waals surface area (Å²) in [5.41, 5.74) is 10.9. The van der Waals surface area contributed by atoms with Gasteiger partial charge in [-0.3, -0.25) is 9.36 Å². The molecule has 0 unspecified atom stereocenters. The third kappa shape index (κ3) is 4.65. The first-order chi connectivity index (χ1) is 14.0. The Morgan fingerprint density at radius 3 is 1.13 bits per heavy atom. The van der Waals surface area contributed by atoms with Crippen molar-refractivity contribution in [3.8, 4) is 0 Å². The Balaban J connectivity index is 0.000000300. The molecular weight excluding hydrogens is 404 g/mol. The number of aryl methyl sites for hydroxylation is 2. The highest BCUT2D eigenvalue weighted by molar-refractivity contribution is 6.02. The molecule has 0 fully saturated rings. The highest BCUT2D eigenvalue weighted by atomic mass is 16.5. The van der Waals surface area contributed by atoms with Gasteiger partial charge in [0, 0.05) is 14.1 Å². The van der Waals surface area contributed by atoms with E-state index in [1.807, 2.05) is 0 Å². The molecule has 0 saturated heterocycles. The highest BCUT2D eigenvalue weighted by Gasteiger charge is 2.25. The lowest BCUT2D eigenvalue weighted by molar-refractivity contribution is 0.0580. The van der Waals surface area contributed by atoms with Crippen molar-refractivity contribution in [3.63, 3.8) is 0 Å². The molecule has 0 aliphatic carbocycles. The van der Waals surface area contributed by atoms with Gasteiger partial charge in [-0.1, -0.05) is 0 Å². The average molecular weight is 426 g/mol. The second-order valence-electron chi connectivity index (χ2n) is 5.44. The Kier molecular flexibility index (Phi) is 7.90. The smallest absolute Gasteiger partial charge is 0.360 e. The van der Waals surface area contributed by atoms with E-state index in [2.05, 4.69) is 29.1 Å². The number of carbonyl (C=O) groups excluding carboxylic acids is 4. The van der Waals surface area contributed by atoms with Crippen molar-refractivity contribution in [1.82, 2.24) is 19.6 Å². The number of rotatable bonds is 4. The van der Waals surface area contributed by atoms with Gasteiger partial charge in [0.25, 0.3) is 0 Å². The molecule has 0 amide bonds. The third-order valence-electron chi connectivity index (χ3n) is 3.68. The van der Waals surface area contributed by atoms with Crippen molar-refractivity contribution in [3.05, 3.63) is 22.8 Å². The number of nitrogens with zero attached hydrogens (tertiary/aromatic N) is 4. The number of nitrogen functional groups attached to an aromatic ring is 2. The third-order valence-corrected chi connectivity index (χ3v) is 3.68. The molecule has 14 nitrogen and oxygen atoms in total. The molecule has 164 valence electrons. The zero-order valence-corrected chi connectivity index (χ0v) is 17.2. The number of hydrogen-bond acceptors (Lipinski definition) is 12. The van der Waals surface area contributed by atoms with Gasteiger partial charge in [0.2, 0.25) is 0 Å². The van der Waals surface area contributed by atoms with E-state index in [4.69, 9.17) is 11.5 Å². The van der Waals surface area contributed by atoms with Crippen LogP contribution < -0.4 is 11.5 Å². The van der Waals surface area contributed by atoms with Crippen LogP contribution in [0.25, 0.3) is 0 Å². The standard InChI is InChI=1S/2C8H11N3O4/c2*1-11-6(8(13)15-3)4(9)5(10-11)7(12)14-2/h2*9H2,1-3H3. The van der Waals surface area contributed by atoms with Crippen molar-refractivity contribution in [2.75, 3.05) is 39.9 Å². The minimum Gasteiger partial charge on any atom is -0.464 e. The topological polar surface area (TPSA) is 193 Å². The quantitative estimate of drug-likeness (QED) is 0.455. The van der Waals surface area contributed by atoms with Gasteiger partial charge in [0.1, 0.15) is 11.4 Å². The van der Waals surface area contributed by atoms with E-state index in [-0.39, 0.29) is 34.2 Å². The summed E-state index contributed by atoms with van der Waals surface area (Å²) in [4.78, 5) is 44.9. The number of carbonyl (C=O) groups is 4. The predicted octanol–water partition coefficient (Wildman–Crippen LogP) is -0.849. The average Bonchev–Trinajstić information content (AvgIpc) is 3.20. The van der Waals surface area contributed by atoms with Crippen molar-refractivity contribution >= 4 is 35.3 Å². The van der Waals surface area contributed by atoms with Crippen LogP contribution in [0.2, 0.25) is 0 Å². The normalized spacial score (nSPS) is 9.80. The minimum absolute atomic E-state index is 0.0258. The molecule has 0 saturated carbocycles. The van der Waals surface area contributed by atoms with Crippen LogP contribution in [0.3, 0.4) is 0 Å². The molecule has 2 heterocycles. The largest absolute Gasteiger partial charge is 0.464 e. The second-order valence-corrected chi connectivity index (χ2v) is 5.44. The number of methoxy groups -OCH3 is 4. The molecule has 0 spiro atoms. The molecule has 0 aromatic carbocycles. The van der Waals surface area contributed by atoms with Crippen LogP contribution in [0.5, 0.6) is 0 Å². The van der Waals surface area contributed by atoms with Crippen LogP contribution in [0.1, 0.15) is 42.0 Å². The molecule has 2 aromatic rings. The van der Waals surface area contributed by atoms with Crippen LogP contribution in [0.4, 0.5) is 11.4 Å². The lowest BCUT2D eigenvalue weighted by atomic mass is 10.3. The molecule has 0 radical (unpaired) electrons. The SMILES string of the molecule is COC(=O)c1nn(C)c(C(=O)OC)c1N.COC(=O)c1nn(C)c(C(=O)OC)c1N. The van der Waals surface area contributed by atoms with Gasteiger partial charge in [0.15, 0.2) is 22.8 Å². The zero-order valence-electron chi connectivity index (χ0n) is 17.2. The van der Waals surface area contributed by atoms with E-state index in [1.165, 1.54) is 51.9 Å². The summed E-state index contributed by atoms with van der Waals surface area (Å²) in [6.07, 6.45) is 0. The van der Waals surface area contributed by atoms with E-state index in [1.54, 1.807) is 0 Å². The molecule has 0 atom stereocenters. The van der Waals surface area contributed by atoms with Gasteiger partial charge in [-0.2, -0.15) is 10.2 Å². The number of esters is 4. The summed E-state index contributed by atoms with van der Waals surface area (Å²) in [6, 6.07) is 0. The Hall–Kier alpha value is -4.10. The lowest BCUT2D eigenvalue weighted by Crippen LogP contribution is -2.10. The maximum atomic E-state index is 11.3. The fourth-order valence-corrected chi connectivity index (χ4v) is 2.25. The molecule has 0 bridgehead atoms. The monoisotopic (exact) mass is 426 g/mol. The first-order valence-electron chi connectivity index (χ1n) is 8.03. The zero-order chi connectivity index (χ0) is 23.2. The number of ether oxygens (including phenoxy) is 4. The second kappa shape index (κ2) is 9.90. The number of nitrogens with two attached hydrogens (primary N) is 2. The van der Waals surface area contributed by atoms with Gasteiger partial charge in [-0.15, -0.1) is 0 Å². The van der Waals surface area contributed by atoms with Gasteiger partial charge >= 0.3 is 23.9 Å². The van der Waals surface area contributed by atoms with Crippen molar-refractivity contribution in [2.45, 2.75) is 0 Å². The Bertz CT molecular complexity index is 899. The maximum absolute atomic E-state index is 11.3. The van der Waals surface area contributed by atoms with Gasteiger partial charge in [-0.05, 0) is 0 Å². The summed E-state index contributed by atoms with van der Waals surface area (Å²) >= 11 is 0. The fourth-order valence-electron chi connectivity index (χ4n) is 2.25. The Labute approximate surface area is 170 Å². The van der Waals surface area contributed by atoms with E-state index >= 15 is 0 Å². The summed E-state index contributed by atoms with van der Waals surface area (Å²) in [5.74, 6) is -2.70. The number of hydrogen-bond donors (Lipinski definition) is 2. The van der Waals surface area contributed by atoms with Crippen LogP contribution in [-0.4, -0.2) is 71.9 Å². The summed E-state index contributed by atoms with van der Waals surface area (Å²) in [7, 11) is 7.80. The molecule has 2 aromatic heterocycles. The van der Waals surface area contributed by atoms with Crippen molar-refractivity contribution < 1.29 is 38.1 Å². The van der Waals surface area contributed by atoms with Gasteiger partial charge in [-0.25, -0.2) is 19.2 Å². The van der Waals surface area contributed by atoms with Gasteiger partial charge in [0.05, 0.1) is 28.4 Å². The van der Waals surface area contributed by atoms with E-state index < -0.39 is 23.9 Å². The van der Waals surface area contributed by atoms with E-state index in [0.717, 1.165) is 0 Å². The first-order valence-corrected chi connectivity index (χ1v) is 8.03. The van der Waals surface area contributed by atoms with E-state index in [0.29, 0.717) is 0 Å². The molecule has 30 heavy (non-hydrogen) atoms. The highest BCUT2D eigenvalue weighted by Crippen LogP contribution is 2.18. The van der Waals surface area contributed by atoms with Crippen molar-refractivity contribution in [1.29, 1.82) is 0 Å². The molecule has 14 heteroatoms. The molecular formula is C16H22N6O8. The predicted molar refractivity (Wildman–Crippen MR) is 101 cm³/mol.